The maximum Gasteiger partial charge on any atom is 0.287 e. The van der Waals surface area contributed by atoms with Crippen molar-refractivity contribution < 1.29 is 32.5 Å². The van der Waals surface area contributed by atoms with Gasteiger partial charge in [0.15, 0.2) is 5.60 Å². The summed E-state index contributed by atoms with van der Waals surface area (Å²) >= 11 is 0. The van der Waals surface area contributed by atoms with Crippen LogP contribution >= 0.6 is 0 Å². The van der Waals surface area contributed by atoms with Gasteiger partial charge in [0.25, 0.3) is 5.92 Å². The van der Waals surface area contributed by atoms with Crippen LogP contribution in [0.25, 0.3) is 0 Å². The third-order valence-corrected chi connectivity index (χ3v) is 7.43. The van der Waals surface area contributed by atoms with Gasteiger partial charge in [-0.05, 0) is 78.8 Å². The highest BCUT2D eigenvalue weighted by atomic mass is 19.3. The molecule has 2 bridgehead atoms. The molecule has 0 radical (unpaired) electrons. The van der Waals surface area contributed by atoms with Crippen LogP contribution in [0.1, 0.15) is 44.2 Å². The molecule has 1 atom stereocenters. The summed E-state index contributed by atoms with van der Waals surface area (Å²) in [6.45, 7) is 2.55. The minimum Gasteiger partial charge on any atom is -0.491 e. The molecule has 3 saturated carbocycles. The average molecular weight is 507 g/mol. The summed E-state index contributed by atoms with van der Waals surface area (Å²) < 4.78 is 67.2. The molecule has 0 unspecified atom stereocenters. The molecule has 192 valence electrons. The van der Waals surface area contributed by atoms with Crippen molar-refractivity contribution in [3.8, 4) is 5.75 Å². The number of hydrogen-bond acceptors (Lipinski definition) is 6. The fourth-order valence-corrected chi connectivity index (χ4v) is 5.70. The first-order valence-corrected chi connectivity index (χ1v) is 11.5. The maximum atomic E-state index is 16.2. The van der Waals surface area contributed by atoms with E-state index in [1.807, 2.05) is 12.1 Å². The number of aromatic nitrogens is 4. The van der Waals surface area contributed by atoms with Crippen LogP contribution in [0.4, 0.5) is 17.6 Å². The van der Waals surface area contributed by atoms with Gasteiger partial charge in [-0.15, -0.1) is 5.10 Å². The second kappa shape index (κ2) is 7.97. The van der Waals surface area contributed by atoms with E-state index in [4.69, 9.17) is 4.74 Å². The summed E-state index contributed by atoms with van der Waals surface area (Å²) in [7, 11) is 0. The third kappa shape index (κ3) is 3.76. The number of halogens is 4. The first kappa shape index (κ1) is 24.6. The fourth-order valence-electron chi connectivity index (χ4n) is 5.70. The van der Waals surface area contributed by atoms with Gasteiger partial charge in [0, 0.05) is 17.0 Å². The monoisotopic (exact) mass is 506 g/mol. The molecule has 1 aromatic heterocycles. The van der Waals surface area contributed by atoms with E-state index in [0.717, 1.165) is 28.7 Å². The lowest BCUT2D eigenvalue weighted by molar-refractivity contribution is -0.347. The standard InChI is InChI=1S/C25H26F4N4O3/c1-21(2,34)14-36-18-6-3-16(4-7-18)22-10-23(11-22,12-22)25(28,29)24(35,13-33-15-30-31-32-33)19-8-5-17(26)9-20(19)27/h3-9,15,34-35H,10-14H2,1-2H3/t22?,23?,24-/m0/s1. The fraction of sp³-hybridized carbons (Fsp3) is 0.480. The minimum atomic E-state index is -3.78. The second-order valence-electron chi connectivity index (χ2n) is 10.8. The van der Waals surface area contributed by atoms with Gasteiger partial charge in [0.1, 0.15) is 30.3 Å². The molecule has 2 N–H and O–H groups in total. The number of rotatable bonds is 9. The van der Waals surface area contributed by atoms with Crippen LogP contribution in [-0.2, 0) is 17.6 Å². The molecule has 0 spiro atoms. The van der Waals surface area contributed by atoms with E-state index in [9.17, 15) is 19.0 Å². The van der Waals surface area contributed by atoms with Gasteiger partial charge in [0.2, 0.25) is 0 Å². The molecule has 3 aliphatic rings. The Morgan fingerprint density at radius 3 is 2.25 bits per heavy atom. The predicted octanol–water partition coefficient (Wildman–Crippen LogP) is 3.75. The summed E-state index contributed by atoms with van der Waals surface area (Å²) in [6, 6.07) is 9.24. The topological polar surface area (TPSA) is 93.3 Å². The second-order valence-corrected chi connectivity index (χ2v) is 10.8. The van der Waals surface area contributed by atoms with Crippen molar-refractivity contribution in [2.24, 2.45) is 5.41 Å². The van der Waals surface area contributed by atoms with E-state index < -0.39 is 51.7 Å². The summed E-state index contributed by atoms with van der Waals surface area (Å²) in [6.07, 6.45) is 1.33. The normalized spacial score (nSPS) is 25.0. The lowest BCUT2D eigenvalue weighted by Crippen LogP contribution is -2.76. The molecule has 3 aromatic rings. The predicted molar refractivity (Wildman–Crippen MR) is 119 cm³/mol. The van der Waals surface area contributed by atoms with Crippen LogP contribution in [0.3, 0.4) is 0 Å². The quantitative estimate of drug-likeness (QED) is 0.430. The zero-order chi connectivity index (χ0) is 26.0. The number of hydrogen-bond donors (Lipinski definition) is 2. The molecular formula is C25H26F4N4O3. The molecule has 2 aromatic carbocycles. The molecule has 36 heavy (non-hydrogen) atoms. The number of aliphatic hydroxyl groups is 2. The SMILES string of the molecule is CC(C)(O)COc1ccc(C23CC(C(F)(F)[C@](O)(Cn4cnnn4)c4ccc(F)cc4F)(C2)C3)cc1. The number of ether oxygens (including phenoxy) is 1. The van der Waals surface area contributed by atoms with Crippen LogP contribution in [0.2, 0.25) is 0 Å². The summed E-state index contributed by atoms with van der Waals surface area (Å²) in [5.74, 6) is -5.44. The van der Waals surface area contributed by atoms with E-state index in [1.54, 1.807) is 26.0 Å². The highest BCUT2D eigenvalue weighted by Crippen LogP contribution is 2.80. The van der Waals surface area contributed by atoms with E-state index >= 15 is 8.78 Å². The minimum absolute atomic E-state index is 0.0948. The van der Waals surface area contributed by atoms with Crippen LogP contribution in [-0.4, -0.2) is 48.6 Å². The van der Waals surface area contributed by atoms with Crippen molar-refractivity contribution in [1.29, 1.82) is 0 Å². The van der Waals surface area contributed by atoms with Gasteiger partial charge in [-0.25, -0.2) is 22.2 Å². The summed E-state index contributed by atoms with van der Waals surface area (Å²) in [5, 5.41) is 31.6. The van der Waals surface area contributed by atoms with E-state index in [-0.39, 0.29) is 25.9 Å². The van der Waals surface area contributed by atoms with Crippen LogP contribution in [0.15, 0.2) is 48.8 Å². The van der Waals surface area contributed by atoms with Crippen molar-refractivity contribution in [3.05, 3.63) is 71.6 Å². The molecule has 11 heteroatoms. The van der Waals surface area contributed by atoms with E-state index in [2.05, 4.69) is 15.5 Å². The van der Waals surface area contributed by atoms with Crippen molar-refractivity contribution in [2.75, 3.05) is 6.61 Å². The summed E-state index contributed by atoms with van der Waals surface area (Å²) in [5.41, 5.74) is -5.89. The number of tetrazole rings is 1. The Morgan fingerprint density at radius 2 is 1.69 bits per heavy atom. The molecule has 3 fully saturated rings. The Balaban J connectivity index is 1.39. The molecular weight excluding hydrogens is 480 g/mol. The molecule has 1 heterocycles. The Morgan fingerprint density at radius 1 is 1.03 bits per heavy atom. The average Bonchev–Trinajstić information content (AvgIpc) is 3.23. The van der Waals surface area contributed by atoms with Crippen LogP contribution in [0.5, 0.6) is 5.75 Å². The van der Waals surface area contributed by atoms with Gasteiger partial charge in [-0.2, -0.15) is 0 Å². The van der Waals surface area contributed by atoms with Crippen LogP contribution in [0, 0.1) is 17.0 Å². The van der Waals surface area contributed by atoms with Crippen molar-refractivity contribution in [3.63, 3.8) is 0 Å². The van der Waals surface area contributed by atoms with Gasteiger partial charge in [-0.3, -0.25) is 0 Å². The maximum absolute atomic E-state index is 16.2. The van der Waals surface area contributed by atoms with E-state index in [0.29, 0.717) is 11.8 Å². The molecule has 0 saturated heterocycles. The van der Waals surface area contributed by atoms with Crippen LogP contribution < -0.4 is 4.74 Å². The Bertz CT molecular complexity index is 1240. The first-order valence-electron chi connectivity index (χ1n) is 11.5. The lowest BCUT2D eigenvalue weighted by atomic mass is 9.30. The molecule has 0 aliphatic heterocycles. The van der Waals surface area contributed by atoms with Gasteiger partial charge >= 0.3 is 0 Å². The number of benzene rings is 2. The lowest BCUT2D eigenvalue weighted by Gasteiger charge is -2.74. The Hall–Kier alpha value is -3.05. The van der Waals surface area contributed by atoms with Gasteiger partial charge in [-0.1, -0.05) is 12.1 Å². The largest absolute Gasteiger partial charge is 0.491 e. The zero-order valence-electron chi connectivity index (χ0n) is 19.8. The number of nitrogens with zero attached hydrogens (tertiary/aromatic N) is 4. The molecule has 7 nitrogen and oxygen atoms in total. The van der Waals surface area contributed by atoms with Crippen molar-refractivity contribution >= 4 is 0 Å². The smallest absolute Gasteiger partial charge is 0.287 e. The van der Waals surface area contributed by atoms with E-state index in [1.165, 1.54) is 0 Å². The third-order valence-electron chi connectivity index (χ3n) is 7.43. The van der Waals surface area contributed by atoms with Crippen molar-refractivity contribution in [1.82, 2.24) is 20.2 Å². The highest BCUT2D eigenvalue weighted by Gasteiger charge is 2.82. The molecule has 0 amide bonds. The Kier molecular flexibility index (Phi) is 5.46. The van der Waals surface area contributed by atoms with Gasteiger partial charge < -0.3 is 14.9 Å². The zero-order valence-corrected chi connectivity index (χ0v) is 19.8. The number of alkyl halides is 2. The Labute approximate surface area is 204 Å². The molecule has 6 rings (SSSR count). The first-order chi connectivity index (χ1) is 16.8. The summed E-state index contributed by atoms with van der Waals surface area (Å²) in [4.78, 5) is 0. The van der Waals surface area contributed by atoms with Gasteiger partial charge in [0.05, 0.1) is 12.1 Å². The molecule has 3 aliphatic carbocycles. The highest BCUT2D eigenvalue weighted by molar-refractivity contribution is 5.44. The van der Waals surface area contributed by atoms with Crippen molar-refractivity contribution in [2.45, 2.75) is 62.2 Å².